The third-order valence-corrected chi connectivity index (χ3v) is 4.93. The van der Waals surface area contributed by atoms with E-state index >= 15 is 0 Å². The van der Waals surface area contributed by atoms with Crippen LogP contribution in [0.25, 0.3) is 0 Å². The first-order valence-corrected chi connectivity index (χ1v) is 8.87. The lowest BCUT2D eigenvalue weighted by Crippen LogP contribution is -2.36. The molecule has 1 amide bonds. The van der Waals surface area contributed by atoms with E-state index in [4.69, 9.17) is 4.74 Å². The topological polar surface area (TPSA) is 41.6 Å². The number of para-hydroxylation sites is 1. The van der Waals surface area contributed by atoms with Crippen molar-refractivity contribution in [2.45, 2.75) is 32.4 Å². The summed E-state index contributed by atoms with van der Waals surface area (Å²) in [6, 6.07) is 16.6. The highest BCUT2D eigenvalue weighted by Crippen LogP contribution is 2.33. The number of benzene rings is 2. The molecular weight excluding hydrogens is 312 g/mol. The molecule has 0 radical (unpaired) electrons. The highest BCUT2D eigenvalue weighted by Gasteiger charge is 2.28. The molecule has 0 aliphatic carbocycles. The smallest absolute Gasteiger partial charge is 0.234 e. The zero-order valence-electron chi connectivity index (χ0n) is 15.0. The van der Waals surface area contributed by atoms with Crippen LogP contribution < -0.4 is 10.1 Å². The summed E-state index contributed by atoms with van der Waals surface area (Å²) in [5.41, 5.74) is 3.64. The van der Waals surface area contributed by atoms with Gasteiger partial charge in [0.05, 0.1) is 13.7 Å². The second-order valence-corrected chi connectivity index (χ2v) is 6.57. The van der Waals surface area contributed by atoms with Gasteiger partial charge in [-0.1, -0.05) is 42.5 Å². The predicted octanol–water partition coefficient (Wildman–Crippen LogP) is 3.46. The van der Waals surface area contributed by atoms with Crippen LogP contribution in [0.15, 0.2) is 48.5 Å². The second kappa shape index (κ2) is 8.17. The number of ether oxygens (including phenoxy) is 1. The average molecular weight is 338 g/mol. The standard InChI is InChI=1S/C21H26N2O2/c1-16-8-3-5-10-18(16)19-11-7-13-23(19)15-21(24)22-14-17-9-4-6-12-20(17)25-2/h3-6,8-10,12,19H,7,11,13-15H2,1-2H3,(H,22,24)/t19-/m1/s1. The Labute approximate surface area is 149 Å². The maximum atomic E-state index is 12.4. The fraction of sp³-hybridized carbons (Fsp3) is 0.381. The molecule has 1 aliphatic heterocycles. The third-order valence-electron chi connectivity index (χ3n) is 4.93. The largest absolute Gasteiger partial charge is 0.496 e. The van der Waals surface area contributed by atoms with Gasteiger partial charge in [-0.05, 0) is 43.5 Å². The number of hydrogen-bond donors (Lipinski definition) is 1. The summed E-state index contributed by atoms with van der Waals surface area (Å²) < 4.78 is 5.34. The number of carbonyl (C=O) groups is 1. The van der Waals surface area contributed by atoms with E-state index in [9.17, 15) is 4.79 Å². The molecule has 0 saturated carbocycles. The number of rotatable bonds is 6. The van der Waals surface area contributed by atoms with Crippen LogP contribution in [0.5, 0.6) is 5.75 Å². The fourth-order valence-electron chi connectivity index (χ4n) is 3.61. The molecule has 0 bridgehead atoms. The molecule has 1 N–H and O–H groups in total. The maximum absolute atomic E-state index is 12.4. The minimum absolute atomic E-state index is 0.0615. The number of aryl methyl sites for hydroxylation is 1. The van der Waals surface area contributed by atoms with E-state index in [1.54, 1.807) is 7.11 Å². The summed E-state index contributed by atoms with van der Waals surface area (Å²) in [7, 11) is 1.65. The second-order valence-electron chi connectivity index (χ2n) is 6.57. The van der Waals surface area contributed by atoms with Gasteiger partial charge in [0.2, 0.25) is 5.91 Å². The molecule has 2 aromatic rings. The average Bonchev–Trinajstić information content (AvgIpc) is 3.08. The van der Waals surface area contributed by atoms with Crippen LogP contribution in [-0.4, -0.2) is 31.0 Å². The van der Waals surface area contributed by atoms with Crippen LogP contribution in [-0.2, 0) is 11.3 Å². The summed E-state index contributed by atoms with van der Waals surface area (Å²) in [6.07, 6.45) is 2.25. The van der Waals surface area contributed by atoms with Crippen LogP contribution in [0.3, 0.4) is 0 Å². The highest BCUT2D eigenvalue weighted by molar-refractivity contribution is 5.78. The van der Waals surface area contributed by atoms with Gasteiger partial charge < -0.3 is 10.1 Å². The van der Waals surface area contributed by atoms with Crippen molar-refractivity contribution in [1.82, 2.24) is 10.2 Å². The molecule has 1 atom stereocenters. The van der Waals surface area contributed by atoms with E-state index in [0.29, 0.717) is 19.1 Å². The third kappa shape index (κ3) is 4.20. The van der Waals surface area contributed by atoms with Gasteiger partial charge in [0.15, 0.2) is 0 Å². The van der Waals surface area contributed by atoms with Gasteiger partial charge in [0, 0.05) is 18.2 Å². The van der Waals surface area contributed by atoms with Gasteiger partial charge in [-0.25, -0.2) is 0 Å². The molecule has 0 aromatic heterocycles. The van der Waals surface area contributed by atoms with E-state index in [1.165, 1.54) is 11.1 Å². The molecule has 1 heterocycles. The first kappa shape index (κ1) is 17.5. The van der Waals surface area contributed by atoms with Gasteiger partial charge in [-0.3, -0.25) is 9.69 Å². The first-order chi connectivity index (χ1) is 12.2. The summed E-state index contributed by atoms with van der Waals surface area (Å²) >= 11 is 0. The van der Waals surface area contributed by atoms with Crippen molar-refractivity contribution in [2.24, 2.45) is 0 Å². The Bertz CT molecular complexity index is 729. The van der Waals surface area contributed by atoms with Crippen molar-refractivity contribution in [1.29, 1.82) is 0 Å². The van der Waals surface area contributed by atoms with Gasteiger partial charge in [0.1, 0.15) is 5.75 Å². The number of hydrogen-bond acceptors (Lipinski definition) is 3. The van der Waals surface area contributed by atoms with Gasteiger partial charge >= 0.3 is 0 Å². The van der Waals surface area contributed by atoms with Crippen molar-refractivity contribution >= 4 is 5.91 Å². The molecule has 2 aromatic carbocycles. The van der Waals surface area contributed by atoms with Crippen molar-refractivity contribution in [3.63, 3.8) is 0 Å². The summed E-state index contributed by atoms with van der Waals surface area (Å²) in [6.45, 7) is 4.05. The maximum Gasteiger partial charge on any atom is 0.234 e. The molecule has 4 nitrogen and oxygen atoms in total. The van der Waals surface area contributed by atoms with E-state index in [-0.39, 0.29) is 5.91 Å². The minimum atomic E-state index is 0.0615. The van der Waals surface area contributed by atoms with Gasteiger partial charge in [-0.2, -0.15) is 0 Å². The number of methoxy groups -OCH3 is 1. The lowest BCUT2D eigenvalue weighted by molar-refractivity contribution is -0.122. The Balaban J connectivity index is 1.60. The molecule has 1 saturated heterocycles. The predicted molar refractivity (Wildman–Crippen MR) is 99.6 cm³/mol. The first-order valence-electron chi connectivity index (χ1n) is 8.87. The Morgan fingerprint density at radius 1 is 1.20 bits per heavy atom. The van der Waals surface area contributed by atoms with Crippen LogP contribution in [0, 0.1) is 6.92 Å². The molecule has 1 aliphatic rings. The number of nitrogens with zero attached hydrogens (tertiary/aromatic N) is 1. The monoisotopic (exact) mass is 338 g/mol. The van der Waals surface area contributed by atoms with Crippen molar-refractivity contribution in [3.8, 4) is 5.75 Å². The van der Waals surface area contributed by atoms with Crippen LogP contribution in [0.2, 0.25) is 0 Å². The molecular formula is C21H26N2O2. The van der Waals surface area contributed by atoms with Crippen LogP contribution >= 0.6 is 0 Å². The summed E-state index contributed by atoms with van der Waals surface area (Å²) in [5, 5.41) is 3.03. The molecule has 25 heavy (non-hydrogen) atoms. The summed E-state index contributed by atoms with van der Waals surface area (Å²) in [5.74, 6) is 0.869. The normalized spacial score (nSPS) is 17.4. The Morgan fingerprint density at radius 3 is 2.76 bits per heavy atom. The minimum Gasteiger partial charge on any atom is -0.496 e. The highest BCUT2D eigenvalue weighted by atomic mass is 16.5. The molecule has 132 valence electrons. The molecule has 0 unspecified atom stereocenters. The number of carbonyl (C=O) groups excluding carboxylic acids is 1. The Kier molecular flexibility index (Phi) is 5.71. The zero-order valence-corrected chi connectivity index (χ0v) is 15.0. The van der Waals surface area contributed by atoms with Crippen LogP contribution in [0.1, 0.15) is 35.6 Å². The SMILES string of the molecule is COc1ccccc1CNC(=O)CN1CCC[C@@H]1c1ccccc1C. The van der Waals surface area contributed by atoms with E-state index in [2.05, 4.69) is 41.4 Å². The van der Waals surface area contributed by atoms with Gasteiger partial charge in [-0.15, -0.1) is 0 Å². The van der Waals surface area contributed by atoms with E-state index in [0.717, 1.165) is 30.7 Å². The van der Waals surface area contributed by atoms with Crippen LogP contribution in [0.4, 0.5) is 0 Å². The fourth-order valence-corrected chi connectivity index (χ4v) is 3.61. The Hall–Kier alpha value is -2.33. The quantitative estimate of drug-likeness (QED) is 0.877. The lowest BCUT2D eigenvalue weighted by atomic mass is 9.99. The lowest BCUT2D eigenvalue weighted by Gasteiger charge is -2.25. The molecule has 0 spiro atoms. The Morgan fingerprint density at radius 2 is 1.96 bits per heavy atom. The van der Waals surface area contributed by atoms with Crippen molar-refractivity contribution in [3.05, 3.63) is 65.2 Å². The van der Waals surface area contributed by atoms with E-state index < -0.39 is 0 Å². The zero-order chi connectivity index (χ0) is 17.6. The summed E-state index contributed by atoms with van der Waals surface area (Å²) in [4.78, 5) is 14.7. The molecule has 3 rings (SSSR count). The van der Waals surface area contributed by atoms with E-state index in [1.807, 2.05) is 24.3 Å². The number of nitrogens with one attached hydrogen (secondary N) is 1. The number of likely N-dealkylation sites (tertiary alicyclic amines) is 1. The number of amides is 1. The molecule has 1 fully saturated rings. The molecule has 4 heteroatoms. The van der Waals surface area contributed by atoms with Gasteiger partial charge in [0.25, 0.3) is 0 Å². The van der Waals surface area contributed by atoms with Crippen molar-refractivity contribution < 1.29 is 9.53 Å². The van der Waals surface area contributed by atoms with Crippen molar-refractivity contribution in [2.75, 3.05) is 20.2 Å².